The van der Waals surface area contributed by atoms with Gasteiger partial charge in [0.25, 0.3) is 0 Å². The third kappa shape index (κ3) is 5.51. The monoisotopic (exact) mass is 712 g/mol. The molecule has 0 atom stereocenters. The first-order chi connectivity index (χ1) is 27.7. The van der Waals surface area contributed by atoms with Gasteiger partial charge in [-0.1, -0.05) is 146 Å². The Balaban J connectivity index is 1.08. The lowest BCUT2D eigenvalue weighted by atomic mass is 10.0. The number of hydrogen-bond donors (Lipinski definition) is 0. The lowest BCUT2D eigenvalue weighted by molar-refractivity contribution is 1.17. The molecule has 0 bridgehead atoms. The molecule has 0 aliphatic rings. The van der Waals surface area contributed by atoms with Gasteiger partial charge < -0.3 is 9.47 Å². The first kappa shape index (κ1) is 32.0. The maximum atomic E-state index is 2.45. The molecule has 0 saturated carbocycles. The molecule has 11 aromatic rings. The summed E-state index contributed by atoms with van der Waals surface area (Å²) in [6.45, 7) is 0. The highest BCUT2D eigenvalue weighted by Crippen LogP contribution is 2.41. The van der Waals surface area contributed by atoms with Crippen molar-refractivity contribution in [3.8, 4) is 27.9 Å². The van der Waals surface area contributed by atoms with Crippen molar-refractivity contribution in [1.82, 2.24) is 4.57 Å². The zero-order valence-electron chi connectivity index (χ0n) is 30.7. The van der Waals surface area contributed by atoms with Crippen LogP contribution in [-0.4, -0.2) is 4.57 Å². The second-order valence-electron chi connectivity index (χ2n) is 14.6. The van der Waals surface area contributed by atoms with Crippen molar-refractivity contribution in [2.45, 2.75) is 0 Å². The summed E-state index contributed by atoms with van der Waals surface area (Å²) < 4.78 is 2.45. The molecule has 0 amide bonds. The van der Waals surface area contributed by atoms with E-state index in [4.69, 9.17) is 0 Å². The highest BCUT2D eigenvalue weighted by molar-refractivity contribution is 6.16. The number of aromatic nitrogens is 1. The van der Waals surface area contributed by atoms with Gasteiger partial charge in [0, 0.05) is 33.5 Å². The first-order valence-corrected chi connectivity index (χ1v) is 19.2. The topological polar surface area (TPSA) is 8.17 Å². The van der Waals surface area contributed by atoms with Gasteiger partial charge in [-0.25, -0.2) is 0 Å². The molecule has 0 radical (unpaired) electrons. The Hall–Kier alpha value is -7.42. The fraction of sp³-hybridized carbons (Fsp3) is 0. The van der Waals surface area contributed by atoms with Gasteiger partial charge in [-0.15, -0.1) is 0 Å². The van der Waals surface area contributed by atoms with Crippen LogP contribution in [-0.2, 0) is 0 Å². The Bertz CT molecular complexity index is 3140. The van der Waals surface area contributed by atoms with E-state index >= 15 is 0 Å². The molecular weight excluding hydrogens is 677 g/mol. The molecule has 56 heavy (non-hydrogen) atoms. The molecule has 2 nitrogen and oxygen atoms in total. The van der Waals surface area contributed by atoms with E-state index in [0.29, 0.717) is 0 Å². The lowest BCUT2D eigenvalue weighted by Crippen LogP contribution is -2.10. The number of benzene rings is 10. The van der Waals surface area contributed by atoms with Crippen LogP contribution in [0.15, 0.2) is 218 Å². The molecule has 0 aliphatic heterocycles. The van der Waals surface area contributed by atoms with Crippen molar-refractivity contribution in [1.29, 1.82) is 0 Å². The lowest BCUT2D eigenvalue weighted by Gasteiger charge is -2.26. The van der Waals surface area contributed by atoms with Gasteiger partial charge in [0.15, 0.2) is 0 Å². The van der Waals surface area contributed by atoms with Gasteiger partial charge in [-0.2, -0.15) is 0 Å². The second kappa shape index (κ2) is 13.2. The van der Waals surface area contributed by atoms with Crippen molar-refractivity contribution in [2.24, 2.45) is 0 Å². The zero-order valence-corrected chi connectivity index (χ0v) is 30.7. The molecule has 1 heterocycles. The Morgan fingerprint density at radius 2 is 0.714 bits per heavy atom. The quantitative estimate of drug-likeness (QED) is 0.167. The van der Waals surface area contributed by atoms with Crippen LogP contribution in [0, 0.1) is 0 Å². The van der Waals surface area contributed by atoms with Gasteiger partial charge in [-0.05, 0) is 127 Å². The van der Waals surface area contributed by atoms with Crippen LogP contribution >= 0.6 is 0 Å². The van der Waals surface area contributed by atoms with E-state index < -0.39 is 0 Å². The largest absolute Gasteiger partial charge is 0.310 e. The molecule has 0 N–H and O–H groups in total. The molecule has 1 aromatic heterocycles. The minimum Gasteiger partial charge on any atom is -0.310 e. The van der Waals surface area contributed by atoms with Crippen molar-refractivity contribution in [3.63, 3.8) is 0 Å². The highest BCUT2D eigenvalue weighted by atomic mass is 15.1. The van der Waals surface area contributed by atoms with Crippen molar-refractivity contribution >= 4 is 71.2 Å². The van der Waals surface area contributed by atoms with Crippen LogP contribution in [0.4, 0.5) is 17.1 Å². The fourth-order valence-electron chi connectivity index (χ4n) is 8.49. The van der Waals surface area contributed by atoms with Gasteiger partial charge in [0.05, 0.1) is 11.0 Å². The highest BCUT2D eigenvalue weighted by Gasteiger charge is 2.18. The molecule has 0 fully saturated rings. The Morgan fingerprint density at radius 3 is 1.29 bits per heavy atom. The molecular formula is C54H36N2. The third-order valence-corrected chi connectivity index (χ3v) is 11.3. The zero-order chi connectivity index (χ0) is 37.0. The maximum absolute atomic E-state index is 2.45. The molecule has 0 saturated heterocycles. The van der Waals surface area contributed by atoms with E-state index in [-0.39, 0.29) is 0 Å². The average molecular weight is 713 g/mol. The standard InChI is InChI=1S/C54H36N2/c1-2-11-37(12-3-1)39-23-27-47(28-24-39)55(48-29-25-40(26-30-48)46-22-21-38-13-4-5-14-41(38)31-46)49-19-10-20-50(36-49)56-53-34-44-17-8-6-15-42(44)32-51(53)52-33-43-16-7-9-18-45(43)35-54(52)56/h1-36H. The summed E-state index contributed by atoms with van der Waals surface area (Å²) in [6, 6.07) is 79.6. The molecule has 262 valence electrons. The van der Waals surface area contributed by atoms with Crippen molar-refractivity contribution in [3.05, 3.63) is 218 Å². The predicted octanol–water partition coefficient (Wildman–Crippen LogP) is 15.0. The Morgan fingerprint density at radius 1 is 0.268 bits per heavy atom. The van der Waals surface area contributed by atoms with Crippen LogP contribution in [0.2, 0.25) is 0 Å². The number of nitrogens with zero attached hydrogens (tertiary/aromatic N) is 2. The van der Waals surface area contributed by atoms with E-state index in [1.807, 2.05) is 0 Å². The van der Waals surface area contributed by atoms with Crippen LogP contribution in [0.1, 0.15) is 0 Å². The van der Waals surface area contributed by atoms with Crippen LogP contribution in [0.3, 0.4) is 0 Å². The third-order valence-electron chi connectivity index (χ3n) is 11.3. The van der Waals surface area contributed by atoms with Gasteiger partial charge in [0.1, 0.15) is 0 Å². The van der Waals surface area contributed by atoms with Crippen LogP contribution < -0.4 is 4.90 Å². The average Bonchev–Trinajstić information content (AvgIpc) is 3.57. The van der Waals surface area contributed by atoms with E-state index in [0.717, 1.165) is 22.7 Å². The van der Waals surface area contributed by atoms with E-state index in [1.165, 1.54) is 76.4 Å². The Kier molecular flexibility index (Phi) is 7.53. The minimum absolute atomic E-state index is 1.09. The summed E-state index contributed by atoms with van der Waals surface area (Å²) in [7, 11) is 0. The molecule has 11 rings (SSSR count). The predicted molar refractivity (Wildman–Crippen MR) is 239 cm³/mol. The van der Waals surface area contributed by atoms with Crippen LogP contribution in [0.5, 0.6) is 0 Å². The number of hydrogen-bond acceptors (Lipinski definition) is 1. The number of anilines is 3. The van der Waals surface area contributed by atoms with E-state index in [2.05, 4.69) is 228 Å². The minimum atomic E-state index is 1.09. The summed E-state index contributed by atoms with van der Waals surface area (Å²) in [4.78, 5) is 2.38. The number of fused-ring (bicyclic) bond motifs is 6. The molecule has 0 unspecified atom stereocenters. The second-order valence-corrected chi connectivity index (χ2v) is 14.6. The van der Waals surface area contributed by atoms with E-state index in [9.17, 15) is 0 Å². The first-order valence-electron chi connectivity index (χ1n) is 19.2. The van der Waals surface area contributed by atoms with Gasteiger partial charge >= 0.3 is 0 Å². The fourth-order valence-corrected chi connectivity index (χ4v) is 8.49. The molecule has 0 spiro atoms. The summed E-state index contributed by atoms with van der Waals surface area (Å²) in [5.74, 6) is 0. The van der Waals surface area contributed by atoms with Crippen molar-refractivity contribution in [2.75, 3.05) is 4.90 Å². The number of rotatable bonds is 6. The summed E-state index contributed by atoms with van der Waals surface area (Å²) in [5, 5.41) is 9.98. The van der Waals surface area contributed by atoms with Crippen LogP contribution in [0.25, 0.3) is 82.1 Å². The summed E-state index contributed by atoms with van der Waals surface area (Å²) >= 11 is 0. The summed E-state index contributed by atoms with van der Waals surface area (Å²) in [5.41, 5.74) is 11.6. The maximum Gasteiger partial charge on any atom is 0.0547 e. The molecule has 2 heteroatoms. The Labute approximate surface area is 325 Å². The van der Waals surface area contributed by atoms with Gasteiger partial charge in [-0.3, -0.25) is 0 Å². The van der Waals surface area contributed by atoms with Gasteiger partial charge in [0.2, 0.25) is 0 Å². The molecule has 10 aromatic carbocycles. The molecule has 0 aliphatic carbocycles. The van der Waals surface area contributed by atoms with Crippen molar-refractivity contribution < 1.29 is 0 Å². The normalized spacial score (nSPS) is 11.6. The van der Waals surface area contributed by atoms with E-state index in [1.54, 1.807) is 0 Å². The SMILES string of the molecule is c1ccc(-c2ccc(N(c3ccc(-c4ccc5ccccc5c4)cc3)c3cccc(-n4c5cc6ccccc6cc5c5cc6ccccc6cc54)c3)cc2)cc1. The smallest absolute Gasteiger partial charge is 0.0547 e. The summed E-state index contributed by atoms with van der Waals surface area (Å²) in [6.07, 6.45) is 0.